The van der Waals surface area contributed by atoms with Gasteiger partial charge in [-0.2, -0.15) is 0 Å². The Hall–Kier alpha value is -2.99. The van der Waals surface area contributed by atoms with Crippen LogP contribution in [-0.4, -0.2) is 31.1 Å². The van der Waals surface area contributed by atoms with Crippen LogP contribution >= 0.6 is 0 Å². The minimum absolute atomic E-state index is 0.0743. The van der Waals surface area contributed by atoms with Crippen LogP contribution in [-0.2, 0) is 16.4 Å². The fraction of sp³-hybridized carbons (Fsp3) is 0.174. The van der Waals surface area contributed by atoms with Gasteiger partial charge < -0.3 is 0 Å². The van der Waals surface area contributed by atoms with Crippen molar-refractivity contribution in [1.82, 2.24) is 0 Å². The molecule has 0 radical (unpaired) electrons. The van der Waals surface area contributed by atoms with E-state index >= 15 is 0 Å². The molecule has 3 aromatic carbocycles. The minimum Gasteiger partial charge on any atom is -0.0621 e. The number of para-hydroxylation sites is 1. The number of rotatable bonds is 6. The molecule has 0 N–H and O–H groups in total. The molecule has 0 fully saturated rings. The zero-order chi connectivity index (χ0) is 23.8. The quantitative estimate of drug-likeness (QED) is 0.183. The average Bonchev–Trinajstić information content (AvgIpc) is 3.21. The molecule has 1 amide bonds. The van der Waals surface area contributed by atoms with Gasteiger partial charge >= 0.3 is 173 Å². The Morgan fingerprint density at radius 2 is 1.82 bits per heavy atom. The summed E-state index contributed by atoms with van der Waals surface area (Å²) >= 11 is -1.32. The first-order valence-corrected chi connectivity index (χ1v) is 13.6. The van der Waals surface area contributed by atoms with Crippen molar-refractivity contribution in [3.05, 3.63) is 97.1 Å². The van der Waals surface area contributed by atoms with E-state index in [1.165, 1.54) is 17.4 Å². The number of sulfonamides is 1. The monoisotopic (exact) mass is 578 g/mol. The Bertz CT molecular complexity index is 1350. The third-order valence-electron chi connectivity index (χ3n) is 5.54. The molecule has 0 atom stereocenters. The Kier molecular flexibility index (Phi) is 6.39. The number of nitrogens with zero attached hydrogens (tertiary/aromatic N) is 3. The molecule has 4 rings (SSSR count). The number of hydrogen-bond donors (Lipinski definition) is 0. The molecule has 1 heterocycles. The summed E-state index contributed by atoms with van der Waals surface area (Å²) in [5.74, 6) is -0.302. The van der Waals surface area contributed by atoms with Gasteiger partial charge in [-0.25, -0.2) is 0 Å². The second-order valence-electron chi connectivity index (χ2n) is 7.57. The third-order valence-corrected chi connectivity index (χ3v) is 9.09. The molecule has 0 saturated heterocycles. The predicted molar refractivity (Wildman–Crippen MR) is 121 cm³/mol. The summed E-state index contributed by atoms with van der Waals surface area (Å²) in [6.45, 7) is 2.14. The van der Waals surface area contributed by atoms with Crippen molar-refractivity contribution in [1.29, 1.82) is 0 Å². The number of benzene rings is 3. The van der Waals surface area contributed by atoms with Crippen LogP contribution in [0.25, 0.3) is 0 Å². The molecule has 0 spiro atoms. The average molecular weight is 578 g/mol. The fourth-order valence-electron chi connectivity index (χ4n) is 3.80. The van der Waals surface area contributed by atoms with Gasteiger partial charge in [-0.3, -0.25) is 0 Å². The van der Waals surface area contributed by atoms with E-state index in [0.29, 0.717) is 33.5 Å². The van der Waals surface area contributed by atoms with Gasteiger partial charge in [-0.15, -0.1) is 0 Å². The van der Waals surface area contributed by atoms with E-state index in [1.807, 2.05) is 6.07 Å². The van der Waals surface area contributed by atoms with Crippen LogP contribution in [0.1, 0.15) is 21.5 Å². The summed E-state index contributed by atoms with van der Waals surface area (Å²) in [7, 11) is -2.39. The van der Waals surface area contributed by atoms with Crippen molar-refractivity contribution in [2.24, 2.45) is 0 Å². The number of carbonyl (C=O) groups excluding carboxylic acids is 1. The Morgan fingerprint density at radius 3 is 2.52 bits per heavy atom. The van der Waals surface area contributed by atoms with Crippen molar-refractivity contribution in [3.8, 4) is 0 Å². The third kappa shape index (κ3) is 4.58. The van der Waals surface area contributed by atoms with Crippen LogP contribution in [0.2, 0.25) is 0 Å². The van der Waals surface area contributed by atoms with Crippen molar-refractivity contribution < 1.29 is 37.8 Å². The molecule has 0 aromatic heterocycles. The molecule has 0 bridgehead atoms. The molecular formula is C23H21IN3O5S-. The standard InChI is InChI=1S/C23H21IN3O5S/c1-16-8-9-18(15-22(16)33(31,32)25(2)20-6-4-3-5-7-20)23(28)26-13-12-17-14-19(24-27(29)30)10-11-21(17)26/h3-11,14-15H,12-13H2,1-2H3/q-1. The normalized spacial score (nSPS) is 13.1. The van der Waals surface area contributed by atoms with E-state index in [0.717, 1.165) is 5.56 Å². The van der Waals surface area contributed by atoms with E-state index in [9.17, 15) is 23.3 Å². The Morgan fingerprint density at radius 1 is 1.09 bits per heavy atom. The van der Waals surface area contributed by atoms with Gasteiger partial charge in [0, 0.05) is 0 Å². The molecule has 33 heavy (non-hydrogen) atoms. The molecule has 172 valence electrons. The molecule has 8 nitrogen and oxygen atoms in total. The molecular weight excluding hydrogens is 557 g/mol. The first-order chi connectivity index (χ1) is 15.7. The van der Waals surface area contributed by atoms with Gasteiger partial charge in [0.2, 0.25) is 0 Å². The summed E-state index contributed by atoms with van der Waals surface area (Å²) in [6.07, 6.45) is 0.601. The number of carbonyl (C=O) groups is 1. The molecule has 1 aliphatic heterocycles. The van der Waals surface area contributed by atoms with E-state index < -0.39 is 31.5 Å². The van der Waals surface area contributed by atoms with Crippen LogP contribution in [0, 0.1) is 20.6 Å². The first-order valence-electron chi connectivity index (χ1n) is 10.1. The zero-order valence-electron chi connectivity index (χ0n) is 17.9. The fourth-order valence-corrected chi connectivity index (χ4v) is 6.56. The summed E-state index contributed by atoms with van der Waals surface area (Å²) in [5, 5.41) is 10.8. The SMILES string of the molecule is Cc1ccc(C(=O)N2CCc3cc([I-][N+](=O)[O-])ccc32)cc1S(=O)(=O)N(C)c1ccccc1. The number of nitro groups is 1. The van der Waals surface area contributed by atoms with Crippen molar-refractivity contribution in [3.63, 3.8) is 0 Å². The van der Waals surface area contributed by atoms with Gasteiger partial charge in [-0.1, -0.05) is 18.2 Å². The number of fused-ring (bicyclic) bond motifs is 1. The van der Waals surface area contributed by atoms with Gasteiger partial charge in [0.25, 0.3) is 0 Å². The van der Waals surface area contributed by atoms with Gasteiger partial charge in [-0.05, 0) is 12.1 Å². The molecule has 0 saturated carbocycles. The first kappa shape index (κ1) is 23.2. The molecule has 1 aliphatic rings. The molecule has 10 heteroatoms. The van der Waals surface area contributed by atoms with E-state index in [2.05, 4.69) is 0 Å². The molecule has 0 aliphatic carbocycles. The maximum absolute atomic E-state index is 13.3. The zero-order valence-corrected chi connectivity index (χ0v) is 20.9. The van der Waals surface area contributed by atoms with Gasteiger partial charge in [0.05, 0.1) is 0 Å². The van der Waals surface area contributed by atoms with Crippen molar-refractivity contribution in [2.45, 2.75) is 18.2 Å². The number of hydrogen-bond acceptors (Lipinski definition) is 5. The minimum atomic E-state index is -3.88. The topological polar surface area (TPSA) is 101 Å². The summed E-state index contributed by atoms with van der Waals surface area (Å²) in [6, 6.07) is 18.7. The smallest absolute Gasteiger partial charge is 0.0621 e. The second-order valence-corrected chi connectivity index (χ2v) is 12.0. The molecule has 3 aromatic rings. The van der Waals surface area contributed by atoms with E-state index in [4.69, 9.17) is 0 Å². The number of amides is 1. The van der Waals surface area contributed by atoms with Gasteiger partial charge in [0.1, 0.15) is 0 Å². The van der Waals surface area contributed by atoms with Gasteiger partial charge in [0.15, 0.2) is 0 Å². The maximum atomic E-state index is 13.3. The van der Waals surface area contributed by atoms with Crippen LogP contribution in [0.4, 0.5) is 11.4 Å². The van der Waals surface area contributed by atoms with Crippen LogP contribution < -0.4 is 30.7 Å². The molecule has 0 unspecified atom stereocenters. The summed E-state index contributed by atoms with van der Waals surface area (Å²) in [4.78, 5) is 25.8. The van der Waals surface area contributed by atoms with Crippen LogP contribution in [0.3, 0.4) is 0 Å². The predicted octanol–water partition coefficient (Wildman–Crippen LogP) is 0.473. The number of halogens is 1. The van der Waals surface area contributed by atoms with Crippen molar-refractivity contribution >= 4 is 27.3 Å². The van der Waals surface area contributed by atoms with Crippen molar-refractivity contribution in [2.75, 3.05) is 22.8 Å². The van der Waals surface area contributed by atoms with Crippen LogP contribution in [0.5, 0.6) is 0 Å². The summed E-state index contributed by atoms with van der Waals surface area (Å²) < 4.78 is 28.3. The summed E-state index contributed by atoms with van der Waals surface area (Å²) in [5.41, 5.74) is 2.95. The Balaban J connectivity index is 1.65. The van der Waals surface area contributed by atoms with Crippen LogP contribution in [0.15, 0.2) is 71.6 Å². The second kappa shape index (κ2) is 9.10. The van der Waals surface area contributed by atoms with E-state index in [-0.39, 0.29) is 19.5 Å². The van der Waals surface area contributed by atoms with E-state index in [1.54, 1.807) is 66.4 Å². The number of aryl methyl sites for hydroxylation is 1. The Labute approximate surface area is 202 Å². The number of anilines is 2.